The standard InChI is InChI=1S/C24H27N3O4/c1-4-19-25-20(5-2)27-23(26-19)31-21(22(28)29)24(30-6-3,17-13-9-7-10-14-17)18-15-11-8-12-16-18/h7-16,21H,4-6H2,1-3H3,(H,28,29)/t21-/m1/s1. The predicted molar refractivity (Wildman–Crippen MR) is 116 cm³/mol. The van der Waals surface area contributed by atoms with Crippen LogP contribution < -0.4 is 4.74 Å². The summed E-state index contributed by atoms with van der Waals surface area (Å²) in [5.41, 5.74) is -0.0824. The average Bonchev–Trinajstić information content (AvgIpc) is 2.82. The maximum atomic E-state index is 12.6. The molecular formula is C24H27N3O4. The number of rotatable bonds is 10. The van der Waals surface area contributed by atoms with Crippen molar-refractivity contribution in [3.8, 4) is 6.01 Å². The fourth-order valence-electron chi connectivity index (χ4n) is 3.54. The Hall–Kier alpha value is -3.32. The normalized spacial score (nSPS) is 12.4. The van der Waals surface area contributed by atoms with Gasteiger partial charge in [-0.1, -0.05) is 74.5 Å². The summed E-state index contributed by atoms with van der Waals surface area (Å²) >= 11 is 0. The molecule has 1 heterocycles. The van der Waals surface area contributed by atoms with Crippen molar-refractivity contribution in [3.63, 3.8) is 0 Å². The van der Waals surface area contributed by atoms with Crippen LogP contribution in [0.2, 0.25) is 0 Å². The van der Waals surface area contributed by atoms with Crippen LogP contribution in [0, 0.1) is 0 Å². The number of carboxylic acids is 1. The predicted octanol–water partition coefficient (Wildman–Crippen LogP) is 3.81. The second-order valence-corrected chi connectivity index (χ2v) is 6.89. The Balaban J connectivity index is 2.20. The van der Waals surface area contributed by atoms with Crippen molar-refractivity contribution < 1.29 is 19.4 Å². The zero-order valence-electron chi connectivity index (χ0n) is 18.0. The first-order chi connectivity index (χ1) is 15.0. The van der Waals surface area contributed by atoms with Gasteiger partial charge in [-0.25, -0.2) is 9.78 Å². The van der Waals surface area contributed by atoms with Crippen molar-refractivity contribution in [2.75, 3.05) is 6.61 Å². The molecule has 0 unspecified atom stereocenters. The average molecular weight is 421 g/mol. The minimum absolute atomic E-state index is 0.0213. The van der Waals surface area contributed by atoms with Crippen LogP contribution in [0.15, 0.2) is 60.7 Å². The van der Waals surface area contributed by atoms with Crippen molar-refractivity contribution in [1.29, 1.82) is 0 Å². The molecule has 7 heteroatoms. The van der Waals surface area contributed by atoms with Crippen molar-refractivity contribution in [2.45, 2.75) is 45.3 Å². The molecule has 31 heavy (non-hydrogen) atoms. The first-order valence-corrected chi connectivity index (χ1v) is 10.4. The summed E-state index contributed by atoms with van der Waals surface area (Å²) in [5, 5.41) is 10.3. The van der Waals surface area contributed by atoms with Crippen molar-refractivity contribution in [3.05, 3.63) is 83.4 Å². The first kappa shape index (κ1) is 22.4. The molecule has 7 nitrogen and oxygen atoms in total. The van der Waals surface area contributed by atoms with Crippen LogP contribution in [0.25, 0.3) is 0 Å². The number of carboxylic acid groups (broad SMARTS) is 1. The van der Waals surface area contributed by atoms with Crippen molar-refractivity contribution in [2.24, 2.45) is 0 Å². The highest BCUT2D eigenvalue weighted by Crippen LogP contribution is 2.39. The number of hydrogen-bond acceptors (Lipinski definition) is 6. The lowest BCUT2D eigenvalue weighted by Gasteiger charge is -2.38. The van der Waals surface area contributed by atoms with Crippen molar-refractivity contribution in [1.82, 2.24) is 15.0 Å². The molecule has 3 rings (SSSR count). The van der Waals surface area contributed by atoms with E-state index in [9.17, 15) is 9.90 Å². The molecule has 2 aromatic carbocycles. The van der Waals surface area contributed by atoms with Gasteiger partial charge < -0.3 is 14.6 Å². The molecule has 0 saturated carbocycles. The molecule has 0 amide bonds. The third kappa shape index (κ3) is 4.72. The summed E-state index contributed by atoms with van der Waals surface area (Å²) in [6.07, 6.45) is -0.274. The lowest BCUT2D eigenvalue weighted by molar-refractivity contribution is -0.163. The number of benzene rings is 2. The van der Waals surface area contributed by atoms with Gasteiger partial charge in [-0.2, -0.15) is 9.97 Å². The van der Waals surface area contributed by atoms with E-state index in [1.807, 2.05) is 81.4 Å². The van der Waals surface area contributed by atoms with E-state index in [0.29, 0.717) is 35.6 Å². The minimum Gasteiger partial charge on any atom is -0.478 e. The first-order valence-electron chi connectivity index (χ1n) is 10.4. The SMILES string of the molecule is CCOC(c1ccccc1)(c1ccccc1)[C@H](Oc1nc(CC)nc(CC)n1)C(=O)O. The maximum Gasteiger partial charge on any atom is 0.348 e. The summed E-state index contributed by atoms with van der Waals surface area (Å²) in [7, 11) is 0. The molecular weight excluding hydrogens is 394 g/mol. The van der Waals surface area contributed by atoms with Crippen LogP contribution in [0.5, 0.6) is 6.01 Å². The van der Waals surface area contributed by atoms with Gasteiger partial charge in [0, 0.05) is 19.4 Å². The van der Waals surface area contributed by atoms with Gasteiger partial charge in [0.25, 0.3) is 0 Å². The number of aliphatic carboxylic acids is 1. The van der Waals surface area contributed by atoms with E-state index < -0.39 is 17.7 Å². The van der Waals surface area contributed by atoms with Crippen LogP contribution in [0.4, 0.5) is 0 Å². The molecule has 0 saturated heterocycles. The molecule has 0 aliphatic heterocycles. The van der Waals surface area contributed by atoms with E-state index in [1.165, 1.54) is 0 Å². The lowest BCUT2D eigenvalue weighted by Crippen LogP contribution is -2.51. The van der Waals surface area contributed by atoms with Gasteiger partial charge in [0.1, 0.15) is 11.6 Å². The molecule has 0 aliphatic rings. The Labute approximate surface area is 182 Å². The highest BCUT2D eigenvalue weighted by Gasteiger charge is 2.50. The highest BCUT2D eigenvalue weighted by atomic mass is 16.6. The van der Waals surface area contributed by atoms with Crippen LogP contribution in [0.1, 0.15) is 43.5 Å². The molecule has 0 spiro atoms. The van der Waals surface area contributed by atoms with Crippen molar-refractivity contribution >= 4 is 5.97 Å². The molecule has 0 aliphatic carbocycles. The topological polar surface area (TPSA) is 94.4 Å². The fraction of sp³-hybridized carbons (Fsp3) is 0.333. The Bertz CT molecular complexity index is 934. The molecule has 162 valence electrons. The third-order valence-electron chi connectivity index (χ3n) is 4.93. The number of carbonyl (C=O) groups is 1. The largest absolute Gasteiger partial charge is 0.478 e. The molecule has 1 aromatic heterocycles. The lowest BCUT2D eigenvalue weighted by atomic mass is 9.81. The van der Waals surface area contributed by atoms with Crippen LogP contribution >= 0.6 is 0 Å². The third-order valence-corrected chi connectivity index (χ3v) is 4.93. The number of aryl methyl sites for hydroxylation is 2. The molecule has 0 bridgehead atoms. The minimum atomic E-state index is -1.44. The zero-order chi connectivity index (χ0) is 22.3. The van der Waals surface area contributed by atoms with Gasteiger partial charge in [0.05, 0.1) is 0 Å². The van der Waals surface area contributed by atoms with Gasteiger partial charge in [0.2, 0.25) is 6.10 Å². The van der Waals surface area contributed by atoms with E-state index in [2.05, 4.69) is 15.0 Å². The van der Waals surface area contributed by atoms with Gasteiger partial charge in [0.15, 0.2) is 5.60 Å². The fourth-order valence-corrected chi connectivity index (χ4v) is 3.54. The Kier molecular flexibility index (Phi) is 7.31. The van der Waals surface area contributed by atoms with E-state index in [1.54, 1.807) is 0 Å². The maximum absolute atomic E-state index is 12.6. The quantitative estimate of drug-likeness (QED) is 0.532. The summed E-state index contributed by atoms with van der Waals surface area (Å²) in [5.74, 6) is -0.0856. The zero-order valence-corrected chi connectivity index (χ0v) is 18.0. The summed E-state index contributed by atoms with van der Waals surface area (Å²) in [6.45, 7) is 5.94. The van der Waals surface area contributed by atoms with Crippen LogP contribution in [0.3, 0.4) is 0 Å². The molecule has 0 fully saturated rings. The number of hydrogen-bond donors (Lipinski definition) is 1. The van der Waals surface area contributed by atoms with Crippen LogP contribution in [-0.2, 0) is 28.0 Å². The Morgan fingerprint density at radius 2 is 1.35 bits per heavy atom. The van der Waals surface area contributed by atoms with E-state index in [-0.39, 0.29) is 12.6 Å². The van der Waals surface area contributed by atoms with Gasteiger partial charge in [-0.15, -0.1) is 0 Å². The molecule has 3 aromatic rings. The van der Waals surface area contributed by atoms with Gasteiger partial charge in [-0.05, 0) is 18.1 Å². The summed E-state index contributed by atoms with van der Waals surface area (Å²) < 4.78 is 12.2. The van der Waals surface area contributed by atoms with Gasteiger partial charge in [-0.3, -0.25) is 0 Å². The second-order valence-electron chi connectivity index (χ2n) is 6.89. The van der Waals surface area contributed by atoms with E-state index >= 15 is 0 Å². The summed E-state index contributed by atoms with van der Waals surface area (Å²) in [4.78, 5) is 25.6. The van der Waals surface area contributed by atoms with E-state index in [0.717, 1.165) is 0 Å². The number of nitrogens with zero attached hydrogens (tertiary/aromatic N) is 3. The molecule has 1 atom stereocenters. The van der Waals surface area contributed by atoms with Crippen LogP contribution in [-0.4, -0.2) is 38.7 Å². The number of ether oxygens (including phenoxy) is 2. The highest BCUT2D eigenvalue weighted by molar-refractivity contribution is 5.76. The molecule has 1 N–H and O–H groups in total. The van der Waals surface area contributed by atoms with E-state index in [4.69, 9.17) is 9.47 Å². The number of aromatic nitrogens is 3. The monoisotopic (exact) mass is 421 g/mol. The summed E-state index contributed by atoms with van der Waals surface area (Å²) in [6, 6.07) is 18.5. The molecule has 0 radical (unpaired) electrons. The Morgan fingerprint density at radius 1 is 0.871 bits per heavy atom. The smallest absolute Gasteiger partial charge is 0.348 e. The Morgan fingerprint density at radius 3 is 1.74 bits per heavy atom. The van der Waals surface area contributed by atoms with Gasteiger partial charge >= 0.3 is 12.0 Å². The second kappa shape index (κ2) is 10.1.